The molecule has 3 N–H and O–H groups in total. The Morgan fingerprint density at radius 3 is 0.717 bits per heavy atom. The second-order valence-corrected chi connectivity index (χ2v) is 34.9. The third kappa shape index (κ3) is 78.7. The molecule has 0 heterocycles. The van der Waals surface area contributed by atoms with Crippen LogP contribution in [-0.4, -0.2) is 96.7 Å². The second kappa shape index (κ2) is 78.3. The first-order chi connectivity index (χ1) is 51.4. The van der Waals surface area contributed by atoms with Gasteiger partial charge in [0, 0.05) is 25.7 Å². The van der Waals surface area contributed by atoms with Gasteiger partial charge in [-0.3, -0.25) is 37.3 Å². The summed E-state index contributed by atoms with van der Waals surface area (Å²) in [7, 11) is -9.93. The zero-order valence-corrected chi connectivity index (χ0v) is 71.5. The summed E-state index contributed by atoms with van der Waals surface area (Å²) < 4.78 is 68.9. The Labute approximate surface area is 651 Å². The Bertz CT molecular complexity index is 2030. The van der Waals surface area contributed by atoms with Crippen LogP contribution in [0.2, 0.25) is 0 Å². The van der Waals surface area contributed by atoms with Gasteiger partial charge < -0.3 is 33.8 Å². The summed E-state index contributed by atoms with van der Waals surface area (Å²) in [6.07, 6.45) is 70.8. The van der Waals surface area contributed by atoms with Crippen molar-refractivity contribution in [1.29, 1.82) is 0 Å². The summed E-state index contributed by atoms with van der Waals surface area (Å²) in [6.45, 7) is 9.71. The maximum absolute atomic E-state index is 13.2. The molecule has 630 valence electrons. The largest absolute Gasteiger partial charge is 0.472 e. The summed E-state index contributed by atoms with van der Waals surface area (Å²) in [5.74, 6) is -0.503. The normalized spacial score (nSPS) is 14.1. The predicted molar refractivity (Wildman–Crippen MR) is 437 cm³/mol. The highest BCUT2D eigenvalue weighted by molar-refractivity contribution is 7.47. The van der Waals surface area contributed by atoms with Crippen LogP contribution in [0.15, 0.2) is 0 Å². The quantitative estimate of drug-likeness (QED) is 0.0222. The van der Waals surface area contributed by atoms with Crippen molar-refractivity contribution < 1.29 is 80.2 Å². The number of hydrogen-bond acceptors (Lipinski definition) is 15. The van der Waals surface area contributed by atoms with Crippen molar-refractivity contribution in [2.24, 2.45) is 11.8 Å². The van der Waals surface area contributed by atoms with Crippen molar-refractivity contribution in [2.45, 2.75) is 484 Å². The molecule has 0 aliphatic carbocycles. The Morgan fingerprint density at radius 1 is 0.274 bits per heavy atom. The first-order valence-corrected chi connectivity index (χ1v) is 48.0. The number of carbonyl (C=O) groups excluding carboxylic acids is 4. The van der Waals surface area contributed by atoms with Crippen molar-refractivity contribution in [3.05, 3.63) is 0 Å². The van der Waals surface area contributed by atoms with Crippen LogP contribution < -0.4 is 0 Å². The maximum atomic E-state index is 13.2. The molecule has 0 aromatic rings. The van der Waals surface area contributed by atoms with Crippen LogP contribution in [0.25, 0.3) is 0 Å². The molecule has 0 rings (SSSR count). The van der Waals surface area contributed by atoms with E-state index in [2.05, 4.69) is 41.5 Å². The van der Waals surface area contributed by atoms with Crippen LogP contribution in [0, 0.1) is 11.8 Å². The number of phosphoric ester groups is 2. The van der Waals surface area contributed by atoms with Crippen molar-refractivity contribution in [1.82, 2.24) is 0 Å². The average Bonchev–Trinajstić information content (AvgIpc) is 0.904. The van der Waals surface area contributed by atoms with E-state index in [1.807, 2.05) is 0 Å². The number of unbranched alkanes of at least 4 members (excludes halogenated alkanes) is 55. The summed E-state index contributed by atoms with van der Waals surface area (Å²) in [5, 5.41) is 10.7. The van der Waals surface area contributed by atoms with Crippen LogP contribution in [0.5, 0.6) is 0 Å². The highest BCUT2D eigenvalue weighted by atomic mass is 31.2. The van der Waals surface area contributed by atoms with E-state index in [0.717, 1.165) is 102 Å². The van der Waals surface area contributed by atoms with E-state index in [9.17, 15) is 43.2 Å². The summed E-state index contributed by atoms with van der Waals surface area (Å²) >= 11 is 0. The first-order valence-electron chi connectivity index (χ1n) is 45.0. The minimum atomic E-state index is -4.97. The monoisotopic (exact) mass is 1550 g/mol. The predicted octanol–water partition coefficient (Wildman–Crippen LogP) is 26.6. The van der Waals surface area contributed by atoms with Crippen molar-refractivity contribution >= 4 is 39.5 Å². The van der Waals surface area contributed by atoms with Crippen LogP contribution in [0.3, 0.4) is 0 Å². The lowest BCUT2D eigenvalue weighted by molar-refractivity contribution is -0.161. The lowest BCUT2D eigenvalue weighted by Crippen LogP contribution is -2.30. The number of hydrogen-bond donors (Lipinski definition) is 3. The van der Waals surface area contributed by atoms with Gasteiger partial charge in [0.15, 0.2) is 12.2 Å². The molecule has 0 saturated carbocycles. The highest BCUT2D eigenvalue weighted by Crippen LogP contribution is 2.45. The van der Waals surface area contributed by atoms with Crippen LogP contribution >= 0.6 is 15.6 Å². The van der Waals surface area contributed by atoms with Gasteiger partial charge in [0.2, 0.25) is 0 Å². The van der Waals surface area contributed by atoms with Gasteiger partial charge in [0.1, 0.15) is 19.3 Å². The highest BCUT2D eigenvalue weighted by Gasteiger charge is 2.30. The summed E-state index contributed by atoms with van der Waals surface area (Å²) in [5.41, 5.74) is 0. The second-order valence-electron chi connectivity index (χ2n) is 32.0. The molecule has 0 aromatic carbocycles. The summed E-state index contributed by atoms with van der Waals surface area (Å²) in [4.78, 5) is 73.3. The molecule has 0 bridgehead atoms. The third-order valence-electron chi connectivity index (χ3n) is 20.8. The molecule has 0 radical (unpaired) electrons. The molecular formula is C87H170O17P2. The van der Waals surface area contributed by atoms with Gasteiger partial charge in [-0.2, -0.15) is 0 Å². The molecule has 0 saturated heterocycles. The molecule has 0 aliphatic rings. The number of aliphatic hydroxyl groups excluding tert-OH is 1. The van der Waals surface area contributed by atoms with E-state index in [-0.39, 0.29) is 25.7 Å². The molecule has 17 nitrogen and oxygen atoms in total. The molecule has 6 atom stereocenters. The fraction of sp³-hybridized carbons (Fsp3) is 0.954. The number of ether oxygens (including phenoxy) is 4. The van der Waals surface area contributed by atoms with Crippen molar-refractivity contribution in [3.63, 3.8) is 0 Å². The van der Waals surface area contributed by atoms with E-state index < -0.39 is 97.5 Å². The van der Waals surface area contributed by atoms with Gasteiger partial charge in [-0.05, 0) is 37.5 Å². The Morgan fingerprint density at radius 2 is 0.481 bits per heavy atom. The van der Waals surface area contributed by atoms with Gasteiger partial charge in [0.05, 0.1) is 26.4 Å². The number of phosphoric acid groups is 2. The van der Waals surface area contributed by atoms with Crippen LogP contribution in [0.4, 0.5) is 0 Å². The first kappa shape index (κ1) is 104. The molecule has 0 fully saturated rings. The van der Waals surface area contributed by atoms with Crippen LogP contribution in [0.1, 0.15) is 465 Å². The minimum Gasteiger partial charge on any atom is -0.462 e. The summed E-state index contributed by atoms with van der Waals surface area (Å²) in [6, 6.07) is 0. The maximum Gasteiger partial charge on any atom is 0.472 e. The molecule has 19 heteroatoms. The van der Waals surface area contributed by atoms with Crippen LogP contribution in [-0.2, 0) is 65.4 Å². The van der Waals surface area contributed by atoms with E-state index in [4.69, 9.17) is 37.0 Å². The fourth-order valence-electron chi connectivity index (χ4n) is 13.6. The standard InChI is InChI=1S/C87H170O17P2/c1-7-10-12-14-16-18-20-22-24-28-33-36-40-44-51-57-63-69-84(89)97-75-82(103-86(91)72-66-60-54-46-42-38-34-30-27-26-29-31-35-39-43-50-56-62-68-80(6)9-3)77-101-105(93,94)99-73-81(88)74-100-106(95,96)102-78-83(76-98-85(90)70-64-58-52-48-47-49-55-61-67-79(4)5)104-87(92)71-65-59-53-45-41-37-32-25-23-21-19-17-15-13-11-8-2/h79-83,88H,7-78H2,1-6H3,(H,93,94)(H,95,96)/t80?,81-,82-,83-/m1/s1. The van der Waals surface area contributed by atoms with Gasteiger partial charge >= 0.3 is 39.5 Å². The van der Waals surface area contributed by atoms with Gasteiger partial charge in [-0.25, -0.2) is 9.13 Å². The number of carbonyl (C=O) groups is 4. The molecular weight excluding hydrogens is 1380 g/mol. The molecule has 0 aliphatic heterocycles. The Hall–Kier alpha value is -1.94. The lowest BCUT2D eigenvalue weighted by Gasteiger charge is -2.21. The van der Waals surface area contributed by atoms with Crippen molar-refractivity contribution in [2.75, 3.05) is 39.6 Å². The smallest absolute Gasteiger partial charge is 0.462 e. The number of rotatable bonds is 86. The van der Waals surface area contributed by atoms with Gasteiger partial charge in [-0.15, -0.1) is 0 Å². The Kier molecular flexibility index (Phi) is 76.9. The molecule has 0 amide bonds. The topological polar surface area (TPSA) is 237 Å². The zero-order valence-electron chi connectivity index (χ0n) is 69.7. The van der Waals surface area contributed by atoms with E-state index in [1.165, 1.54) is 283 Å². The lowest BCUT2D eigenvalue weighted by atomic mass is 9.99. The minimum absolute atomic E-state index is 0.108. The molecule has 0 aromatic heterocycles. The van der Waals surface area contributed by atoms with Crippen molar-refractivity contribution in [3.8, 4) is 0 Å². The van der Waals surface area contributed by atoms with Gasteiger partial charge in [0.25, 0.3) is 0 Å². The van der Waals surface area contributed by atoms with Gasteiger partial charge in [-0.1, -0.05) is 414 Å². The SMILES string of the molecule is CCCCCCCCCCCCCCCCCCCC(=O)OC[C@H](COP(=O)(O)OC[C@@H](O)COP(=O)(O)OC[C@@H](COC(=O)CCCCCCCCCCC(C)C)OC(=O)CCCCCCCCCCCCCCCCCC)OC(=O)CCCCCCCCCCCCCCCCCCCCC(C)CC. The average molecular weight is 1550 g/mol. The number of esters is 4. The Balaban J connectivity index is 5.23. The molecule has 106 heavy (non-hydrogen) atoms. The number of aliphatic hydroxyl groups is 1. The third-order valence-corrected chi connectivity index (χ3v) is 22.7. The zero-order chi connectivity index (χ0) is 77.8. The van der Waals surface area contributed by atoms with E-state index >= 15 is 0 Å². The fourth-order valence-corrected chi connectivity index (χ4v) is 15.1. The molecule has 0 spiro atoms. The molecule has 3 unspecified atom stereocenters. The van der Waals surface area contributed by atoms with E-state index in [0.29, 0.717) is 25.7 Å². The van der Waals surface area contributed by atoms with E-state index in [1.54, 1.807) is 0 Å².